The van der Waals surface area contributed by atoms with Crippen LogP contribution in [-0.2, 0) is 14.8 Å². The Labute approximate surface area is 137 Å². The number of hydrogen-bond acceptors (Lipinski definition) is 6. The molecule has 23 heavy (non-hydrogen) atoms. The second kappa shape index (κ2) is 7.11. The maximum atomic E-state index is 12.2. The fourth-order valence-corrected chi connectivity index (χ4v) is 5.06. The topological polar surface area (TPSA) is 84.4 Å². The van der Waals surface area contributed by atoms with Crippen LogP contribution in [0.2, 0.25) is 0 Å². The molecule has 3 rings (SSSR count). The minimum absolute atomic E-state index is 0.0971. The molecule has 1 aromatic rings. The molecule has 8 heteroatoms. The van der Waals surface area contributed by atoms with Crippen molar-refractivity contribution >= 4 is 16.0 Å². The summed E-state index contributed by atoms with van der Waals surface area (Å²) in [7, 11) is -3.10. The lowest BCUT2D eigenvalue weighted by Crippen LogP contribution is -2.46. The van der Waals surface area contributed by atoms with E-state index in [0.29, 0.717) is 50.4 Å². The van der Waals surface area contributed by atoms with E-state index in [0.717, 1.165) is 6.42 Å². The first-order chi connectivity index (χ1) is 11.1. The van der Waals surface area contributed by atoms with Gasteiger partial charge in [-0.1, -0.05) is 6.92 Å². The van der Waals surface area contributed by atoms with Crippen LogP contribution in [-0.4, -0.2) is 60.8 Å². The van der Waals surface area contributed by atoms with E-state index in [9.17, 15) is 8.42 Å². The highest BCUT2D eigenvalue weighted by atomic mass is 32.2. The second-order valence-electron chi connectivity index (χ2n) is 6.21. The van der Waals surface area contributed by atoms with Gasteiger partial charge < -0.3 is 10.1 Å². The SMILES string of the molecule is CCCS(=O)(=O)N1CC[C@@H]2[C@@H](CO[C@H]2CNc2ncccn2)C1. The van der Waals surface area contributed by atoms with Crippen LogP contribution in [0, 0.1) is 11.8 Å². The molecule has 128 valence electrons. The normalized spacial score (nSPS) is 28.5. The number of aromatic nitrogens is 2. The highest BCUT2D eigenvalue weighted by Crippen LogP contribution is 2.35. The number of anilines is 1. The first kappa shape index (κ1) is 16.6. The summed E-state index contributed by atoms with van der Waals surface area (Å²) >= 11 is 0. The average molecular weight is 340 g/mol. The number of ether oxygens (including phenoxy) is 1. The maximum absolute atomic E-state index is 12.2. The predicted molar refractivity (Wildman–Crippen MR) is 87.5 cm³/mol. The Bertz CT molecular complexity index is 610. The first-order valence-corrected chi connectivity index (χ1v) is 9.81. The van der Waals surface area contributed by atoms with Gasteiger partial charge in [0.05, 0.1) is 18.5 Å². The van der Waals surface area contributed by atoms with Crippen molar-refractivity contribution in [3.63, 3.8) is 0 Å². The third-order valence-electron chi connectivity index (χ3n) is 4.64. The molecular formula is C15H24N4O3S. The Morgan fingerprint density at radius 3 is 2.91 bits per heavy atom. The number of hydrogen-bond donors (Lipinski definition) is 1. The summed E-state index contributed by atoms with van der Waals surface area (Å²) in [5.41, 5.74) is 0. The van der Waals surface area contributed by atoms with E-state index in [1.165, 1.54) is 0 Å². The molecule has 0 saturated carbocycles. The van der Waals surface area contributed by atoms with Crippen molar-refractivity contribution in [1.29, 1.82) is 0 Å². The smallest absolute Gasteiger partial charge is 0.222 e. The standard InChI is InChI=1S/C15H24N4O3S/c1-2-8-23(20,21)19-7-4-13-12(10-19)11-22-14(13)9-18-15-16-5-3-6-17-15/h3,5-6,12-14H,2,4,7-11H2,1H3,(H,16,17,18)/t12-,13-,14+/m1/s1. The Morgan fingerprint density at radius 1 is 1.39 bits per heavy atom. The molecule has 2 saturated heterocycles. The lowest BCUT2D eigenvalue weighted by atomic mass is 9.85. The molecule has 0 bridgehead atoms. The number of piperidine rings is 1. The summed E-state index contributed by atoms with van der Waals surface area (Å²) < 4.78 is 32.0. The molecule has 2 fully saturated rings. The Kier molecular flexibility index (Phi) is 5.13. The summed E-state index contributed by atoms with van der Waals surface area (Å²) in [6, 6.07) is 1.78. The third-order valence-corrected chi connectivity index (χ3v) is 6.68. The van der Waals surface area contributed by atoms with Crippen molar-refractivity contribution in [2.24, 2.45) is 11.8 Å². The molecule has 0 spiro atoms. The molecule has 0 aromatic carbocycles. The molecule has 2 aliphatic heterocycles. The van der Waals surface area contributed by atoms with Crippen LogP contribution < -0.4 is 5.32 Å². The van der Waals surface area contributed by atoms with Gasteiger partial charge in [-0.25, -0.2) is 22.7 Å². The molecule has 0 radical (unpaired) electrons. The quantitative estimate of drug-likeness (QED) is 0.830. The fraction of sp³-hybridized carbons (Fsp3) is 0.733. The van der Waals surface area contributed by atoms with Gasteiger partial charge in [0.15, 0.2) is 0 Å². The van der Waals surface area contributed by atoms with Crippen molar-refractivity contribution in [2.75, 3.05) is 37.3 Å². The Morgan fingerprint density at radius 2 is 2.17 bits per heavy atom. The highest BCUT2D eigenvalue weighted by Gasteiger charge is 2.42. The molecule has 2 aliphatic rings. The summed E-state index contributed by atoms with van der Waals surface area (Å²) in [6.07, 6.45) is 5.01. The number of nitrogens with zero attached hydrogens (tertiary/aromatic N) is 3. The molecule has 0 unspecified atom stereocenters. The third kappa shape index (κ3) is 3.81. The van der Waals surface area contributed by atoms with Crippen LogP contribution in [0.1, 0.15) is 19.8 Å². The van der Waals surface area contributed by atoms with E-state index in [4.69, 9.17) is 4.74 Å². The van der Waals surface area contributed by atoms with Crippen molar-refractivity contribution in [2.45, 2.75) is 25.9 Å². The molecule has 1 aromatic heterocycles. The van der Waals surface area contributed by atoms with E-state index in [-0.39, 0.29) is 11.9 Å². The number of nitrogens with one attached hydrogen (secondary N) is 1. The van der Waals surface area contributed by atoms with E-state index in [1.54, 1.807) is 22.8 Å². The minimum atomic E-state index is -3.10. The van der Waals surface area contributed by atoms with Crippen LogP contribution in [0.15, 0.2) is 18.5 Å². The second-order valence-corrected chi connectivity index (χ2v) is 8.30. The van der Waals surface area contributed by atoms with Gasteiger partial charge in [0.1, 0.15) is 0 Å². The number of fused-ring (bicyclic) bond motifs is 1. The Hall–Kier alpha value is -1.25. The predicted octanol–water partition coefficient (Wildman–Crippen LogP) is 0.965. The Balaban J connectivity index is 1.55. The number of sulfonamides is 1. The summed E-state index contributed by atoms with van der Waals surface area (Å²) in [5.74, 6) is 1.53. The van der Waals surface area contributed by atoms with E-state index in [1.807, 2.05) is 6.92 Å². The summed E-state index contributed by atoms with van der Waals surface area (Å²) in [6.45, 7) is 4.38. The maximum Gasteiger partial charge on any atom is 0.222 e. The molecule has 0 amide bonds. The molecule has 7 nitrogen and oxygen atoms in total. The van der Waals surface area contributed by atoms with Gasteiger partial charge in [-0.3, -0.25) is 0 Å². The van der Waals surface area contributed by atoms with Crippen molar-refractivity contribution in [3.8, 4) is 0 Å². The minimum Gasteiger partial charge on any atom is -0.376 e. The van der Waals surface area contributed by atoms with Gasteiger partial charge in [-0.2, -0.15) is 0 Å². The molecule has 3 heterocycles. The molecular weight excluding hydrogens is 316 g/mol. The van der Waals surface area contributed by atoms with Crippen molar-refractivity contribution < 1.29 is 13.2 Å². The zero-order chi connectivity index (χ0) is 16.3. The summed E-state index contributed by atoms with van der Waals surface area (Å²) in [4.78, 5) is 8.29. The van der Waals surface area contributed by atoms with Gasteiger partial charge in [0.2, 0.25) is 16.0 Å². The van der Waals surface area contributed by atoms with Gasteiger partial charge in [0, 0.05) is 37.9 Å². The number of rotatable bonds is 6. The highest BCUT2D eigenvalue weighted by molar-refractivity contribution is 7.89. The lowest BCUT2D eigenvalue weighted by Gasteiger charge is -2.34. The van der Waals surface area contributed by atoms with Crippen molar-refractivity contribution in [1.82, 2.24) is 14.3 Å². The zero-order valence-electron chi connectivity index (χ0n) is 13.4. The van der Waals surface area contributed by atoms with Gasteiger partial charge in [-0.15, -0.1) is 0 Å². The zero-order valence-corrected chi connectivity index (χ0v) is 14.2. The van der Waals surface area contributed by atoms with E-state index < -0.39 is 10.0 Å². The fourth-order valence-electron chi connectivity index (χ4n) is 3.49. The van der Waals surface area contributed by atoms with Crippen molar-refractivity contribution in [3.05, 3.63) is 18.5 Å². The van der Waals surface area contributed by atoms with Gasteiger partial charge in [0.25, 0.3) is 0 Å². The monoisotopic (exact) mass is 340 g/mol. The lowest BCUT2D eigenvalue weighted by molar-refractivity contribution is 0.0981. The van der Waals surface area contributed by atoms with E-state index >= 15 is 0 Å². The van der Waals surface area contributed by atoms with Gasteiger partial charge >= 0.3 is 0 Å². The summed E-state index contributed by atoms with van der Waals surface area (Å²) in [5, 5.41) is 3.20. The van der Waals surface area contributed by atoms with Crippen LogP contribution in [0.25, 0.3) is 0 Å². The first-order valence-electron chi connectivity index (χ1n) is 8.20. The van der Waals surface area contributed by atoms with Crippen LogP contribution in [0.5, 0.6) is 0 Å². The van der Waals surface area contributed by atoms with Gasteiger partial charge in [-0.05, 0) is 24.8 Å². The van der Waals surface area contributed by atoms with E-state index in [2.05, 4.69) is 15.3 Å². The molecule has 0 aliphatic carbocycles. The molecule has 3 atom stereocenters. The molecule has 1 N–H and O–H groups in total. The van der Waals surface area contributed by atoms with Crippen LogP contribution in [0.4, 0.5) is 5.95 Å². The largest absolute Gasteiger partial charge is 0.376 e. The van der Waals surface area contributed by atoms with Crippen LogP contribution >= 0.6 is 0 Å². The average Bonchev–Trinajstić information content (AvgIpc) is 2.96. The van der Waals surface area contributed by atoms with Crippen LogP contribution in [0.3, 0.4) is 0 Å².